The van der Waals surface area contributed by atoms with Crippen molar-refractivity contribution in [1.29, 1.82) is 0 Å². The van der Waals surface area contributed by atoms with Crippen molar-refractivity contribution in [3.8, 4) is 0 Å². The van der Waals surface area contributed by atoms with Crippen LogP contribution in [0.1, 0.15) is 35.1 Å². The van der Waals surface area contributed by atoms with Gasteiger partial charge in [-0.1, -0.05) is 17.7 Å². The van der Waals surface area contributed by atoms with Crippen molar-refractivity contribution >= 4 is 11.9 Å². The van der Waals surface area contributed by atoms with Crippen LogP contribution in [0.2, 0.25) is 0 Å². The standard InChI is InChI=1S/C16H21NO3/c1-9-4-10(2)14(11(3)5-9)8-15(18)17-13-6-12(7-13)16(19)20/h4-5,12-13H,6-8H2,1-3H3,(H,17,18)(H,19,20). The van der Waals surface area contributed by atoms with E-state index in [1.807, 2.05) is 20.8 Å². The summed E-state index contributed by atoms with van der Waals surface area (Å²) in [4.78, 5) is 22.7. The number of rotatable bonds is 4. The normalized spacial score (nSPS) is 21.1. The van der Waals surface area contributed by atoms with Gasteiger partial charge in [0, 0.05) is 6.04 Å². The van der Waals surface area contributed by atoms with Gasteiger partial charge in [-0.25, -0.2) is 0 Å². The Morgan fingerprint density at radius 1 is 1.20 bits per heavy atom. The number of aliphatic carboxylic acids is 1. The number of carboxylic acid groups (broad SMARTS) is 1. The highest BCUT2D eigenvalue weighted by Crippen LogP contribution is 2.27. The number of nitrogens with one attached hydrogen (secondary N) is 1. The van der Waals surface area contributed by atoms with E-state index < -0.39 is 5.97 Å². The molecule has 0 atom stereocenters. The highest BCUT2D eigenvalue weighted by Gasteiger charge is 2.35. The Kier molecular flexibility index (Phi) is 4.12. The first kappa shape index (κ1) is 14.6. The second-order valence-electron chi connectivity index (χ2n) is 5.83. The Bertz CT molecular complexity index is 522. The highest BCUT2D eigenvalue weighted by molar-refractivity contribution is 5.80. The Labute approximate surface area is 119 Å². The molecular weight excluding hydrogens is 254 g/mol. The minimum absolute atomic E-state index is 0.0195. The zero-order valence-corrected chi connectivity index (χ0v) is 12.2. The quantitative estimate of drug-likeness (QED) is 0.884. The molecule has 1 fully saturated rings. The van der Waals surface area contributed by atoms with Crippen molar-refractivity contribution in [3.05, 3.63) is 34.4 Å². The van der Waals surface area contributed by atoms with Gasteiger partial charge in [0.1, 0.15) is 0 Å². The van der Waals surface area contributed by atoms with Crippen LogP contribution < -0.4 is 5.32 Å². The van der Waals surface area contributed by atoms with Crippen LogP contribution in [0.4, 0.5) is 0 Å². The first-order chi connectivity index (χ1) is 9.36. The van der Waals surface area contributed by atoms with Gasteiger partial charge in [0.15, 0.2) is 0 Å². The first-order valence-electron chi connectivity index (χ1n) is 6.95. The lowest BCUT2D eigenvalue weighted by Gasteiger charge is -2.33. The topological polar surface area (TPSA) is 66.4 Å². The van der Waals surface area contributed by atoms with E-state index in [9.17, 15) is 9.59 Å². The minimum Gasteiger partial charge on any atom is -0.481 e. The molecule has 0 aliphatic heterocycles. The number of hydrogen-bond acceptors (Lipinski definition) is 2. The van der Waals surface area contributed by atoms with Crippen molar-refractivity contribution in [3.63, 3.8) is 0 Å². The molecule has 20 heavy (non-hydrogen) atoms. The van der Waals surface area contributed by atoms with Gasteiger partial charge in [0.05, 0.1) is 12.3 Å². The van der Waals surface area contributed by atoms with Crippen molar-refractivity contribution in [2.75, 3.05) is 0 Å². The van der Waals surface area contributed by atoms with Gasteiger partial charge in [-0.15, -0.1) is 0 Å². The molecule has 1 amide bonds. The molecule has 1 aromatic carbocycles. The molecule has 1 aliphatic carbocycles. The van der Waals surface area contributed by atoms with Crippen LogP contribution in [-0.2, 0) is 16.0 Å². The van der Waals surface area contributed by atoms with E-state index in [0.717, 1.165) is 16.7 Å². The number of aryl methyl sites for hydroxylation is 3. The molecule has 1 saturated carbocycles. The molecule has 4 heteroatoms. The number of carboxylic acids is 1. The fraction of sp³-hybridized carbons (Fsp3) is 0.500. The Balaban J connectivity index is 1.91. The van der Waals surface area contributed by atoms with Crippen molar-refractivity contribution in [1.82, 2.24) is 5.32 Å². The zero-order chi connectivity index (χ0) is 14.9. The Morgan fingerprint density at radius 3 is 2.25 bits per heavy atom. The summed E-state index contributed by atoms with van der Waals surface area (Å²) in [6.45, 7) is 6.09. The Morgan fingerprint density at radius 2 is 1.75 bits per heavy atom. The van der Waals surface area contributed by atoms with Gasteiger partial charge in [-0.3, -0.25) is 9.59 Å². The fourth-order valence-electron chi connectivity index (χ4n) is 2.87. The molecule has 0 saturated heterocycles. The van der Waals surface area contributed by atoms with Crippen LogP contribution in [0.25, 0.3) is 0 Å². The zero-order valence-electron chi connectivity index (χ0n) is 12.2. The number of carbonyl (C=O) groups excluding carboxylic acids is 1. The highest BCUT2D eigenvalue weighted by atomic mass is 16.4. The van der Waals surface area contributed by atoms with E-state index in [4.69, 9.17) is 5.11 Å². The lowest BCUT2D eigenvalue weighted by molar-refractivity contribution is -0.146. The van der Waals surface area contributed by atoms with E-state index in [1.165, 1.54) is 5.56 Å². The molecule has 1 aliphatic rings. The summed E-state index contributed by atoms with van der Waals surface area (Å²) in [6.07, 6.45) is 1.46. The number of carbonyl (C=O) groups is 2. The number of amides is 1. The molecule has 0 heterocycles. The predicted octanol–water partition coefficient (Wildman–Crippen LogP) is 2.13. The molecule has 0 bridgehead atoms. The fourth-order valence-corrected chi connectivity index (χ4v) is 2.87. The number of hydrogen-bond donors (Lipinski definition) is 2. The average molecular weight is 275 g/mol. The average Bonchev–Trinajstić information content (AvgIpc) is 2.27. The van der Waals surface area contributed by atoms with E-state index in [0.29, 0.717) is 19.3 Å². The van der Waals surface area contributed by atoms with Crippen LogP contribution >= 0.6 is 0 Å². The molecule has 1 aromatic rings. The minimum atomic E-state index is -0.763. The van der Waals surface area contributed by atoms with Crippen molar-refractivity contribution in [2.24, 2.45) is 5.92 Å². The lowest BCUT2D eigenvalue weighted by Crippen LogP contribution is -2.47. The summed E-state index contributed by atoms with van der Waals surface area (Å²) < 4.78 is 0. The van der Waals surface area contributed by atoms with Crippen LogP contribution in [0, 0.1) is 26.7 Å². The summed E-state index contributed by atoms with van der Waals surface area (Å²) in [5, 5.41) is 11.7. The van der Waals surface area contributed by atoms with Crippen LogP contribution in [-0.4, -0.2) is 23.0 Å². The third kappa shape index (κ3) is 3.18. The second-order valence-corrected chi connectivity index (χ2v) is 5.83. The SMILES string of the molecule is Cc1cc(C)c(CC(=O)NC2CC(C(=O)O)C2)c(C)c1. The molecule has 108 valence electrons. The van der Waals surface area contributed by atoms with E-state index in [1.54, 1.807) is 0 Å². The van der Waals surface area contributed by atoms with Crippen LogP contribution in [0.15, 0.2) is 12.1 Å². The van der Waals surface area contributed by atoms with E-state index in [-0.39, 0.29) is 17.9 Å². The first-order valence-corrected chi connectivity index (χ1v) is 6.95. The monoisotopic (exact) mass is 275 g/mol. The molecule has 2 N–H and O–H groups in total. The number of benzene rings is 1. The molecule has 4 nitrogen and oxygen atoms in total. The van der Waals surface area contributed by atoms with Crippen molar-refractivity contribution < 1.29 is 14.7 Å². The molecule has 2 rings (SSSR count). The van der Waals surface area contributed by atoms with Crippen LogP contribution in [0.5, 0.6) is 0 Å². The maximum atomic E-state index is 12.0. The molecule has 0 aromatic heterocycles. The summed E-state index contributed by atoms with van der Waals surface area (Å²) in [5.41, 5.74) is 4.54. The van der Waals surface area contributed by atoms with Gasteiger partial charge < -0.3 is 10.4 Å². The van der Waals surface area contributed by atoms with Gasteiger partial charge in [0.25, 0.3) is 0 Å². The summed E-state index contributed by atoms with van der Waals surface area (Å²) in [5.74, 6) is -1.07. The maximum absolute atomic E-state index is 12.0. The van der Waals surface area contributed by atoms with E-state index >= 15 is 0 Å². The van der Waals surface area contributed by atoms with Crippen LogP contribution in [0.3, 0.4) is 0 Å². The molecular formula is C16H21NO3. The molecule has 0 unspecified atom stereocenters. The van der Waals surface area contributed by atoms with Crippen molar-refractivity contribution in [2.45, 2.75) is 46.1 Å². The lowest BCUT2D eigenvalue weighted by atomic mass is 9.80. The summed E-state index contributed by atoms with van der Waals surface area (Å²) in [6, 6.07) is 4.19. The third-order valence-corrected chi connectivity index (χ3v) is 4.03. The largest absolute Gasteiger partial charge is 0.481 e. The maximum Gasteiger partial charge on any atom is 0.306 e. The van der Waals surface area contributed by atoms with Gasteiger partial charge >= 0.3 is 5.97 Å². The molecule has 0 spiro atoms. The summed E-state index contributed by atoms with van der Waals surface area (Å²) in [7, 11) is 0. The Hall–Kier alpha value is -1.84. The van der Waals surface area contributed by atoms with Gasteiger partial charge in [0.2, 0.25) is 5.91 Å². The third-order valence-electron chi connectivity index (χ3n) is 4.03. The molecule has 0 radical (unpaired) electrons. The van der Waals surface area contributed by atoms with E-state index in [2.05, 4.69) is 17.4 Å². The van der Waals surface area contributed by atoms with Gasteiger partial charge in [-0.05, 0) is 50.3 Å². The second kappa shape index (κ2) is 5.65. The summed E-state index contributed by atoms with van der Waals surface area (Å²) >= 11 is 0. The smallest absolute Gasteiger partial charge is 0.306 e. The predicted molar refractivity (Wildman–Crippen MR) is 76.6 cm³/mol. The van der Waals surface area contributed by atoms with Gasteiger partial charge in [-0.2, -0.15) is 0 Å².